The van der Waals surface area contributed by atoms with Crippen LogP contribution in [0.2, 0.25) is 0 Å². The zero-order valence-electron chi connectivity index (χ0n) is 18.3. The molecule has 3 N–H and O–H groups in total. The number of anilines is 1. The van der Waals surface area contributed by atoms with E-state index < -0.39 is 17.5 Å². The fraction of sp³-hybridized carbons (Fsp3) is 0.565. The number of rotatable bonds is 5. The Morgan fingerprint density at radius 1 is 1.19 bits per heavy atom. The lowest BCUT2D eigenvalue weighted by Crippen LogP contribution is -2.54. The molecule has 166 valence electrons. The average Bonchev–Trinajstić information content (AvgIpc) is 3.44. The third kappa shape index (κ3) is 4.57. The van der Waals surface area contributed by atoms with E-state index in [1.54, 1.807) is 24.3 Å². The number of hydrogen-bond acceptors (Lipinski definition) is 4. The summed E-state index contributed by atoms with van der Waals surface area (Å²) in [6.45, 7) is 5.93. The van der Waals surface area contributed by atoms with Crippen LogP contribution in [0.25, 0.3) is 0 Å². The van der Waals surface area contributed by atoms with Gasteiger partial charge < -0.3 is 16.0 Å². The third-order valence-electron chi connectivity index (χ3n) is 6.25. The number of amides is 5. The lowest BCUT2D eigenvalue weighted by molar-refractivity contribution is -0.136. The van der Waals surface area contributed by atoms with Gasteiger partial charge in [0.05, 0.1) is 0 Å². The standard InChI is InChI=1S/C23H30N4O4/c1-14-10-22(2,3)13-23(11-14)20(30)27(21(31)26-23)12-18(28)24-17-6-4-5-15(9-17)19(29)25-16-7-8-16/h4-6,9,14,16H,7-8,10-13H2,1-3H3,(H,24,28)(H,25,29)(H,26,31)/t14-,23-/m1/s1. The van der Waals surface area contributed by atoms with E-state index in [1.165, 1.54) is 0 Å². The van der Waals surface area contributed by atoms with Crippen molar-refractivity contribution in [3.63, 3.8) is 0 Å². The van der Waals surface area contributed by atoms with Crippen molar-refractivity contribution in [1.29, 1.82) is 0 Å². The van der Waals surface area contributed by atoms with Gasteiger partial charge >= 0.3 is 6.03 Å². The van der Waals surface area contributed by atoms with E-state index in [9.17, 15) is 19.2 Å². The first-order valence-electron chi connectivity index (χ1n) is 10.9. The zero-order valence-corrected chi connectivity index (χ0v) is 18.3. The predicted octanol–water partition coefficient (Wildman–Crippen LogP) is 2.65. The molecule has 0 radical (unpaired) electrons. The van der Waals surface area contributed by atoms with Crippen molar-refractivity contribution in [2.75, 3.05) is 11.9 Å². The van der Waals surface area contributed by atoms with E-state index in [4.69, 9.17) is 0 Å². The quantitative estimate of drug-likeness (QED) is 0.629. The van der Waals surface area contributed by atoms with Crippen LogP contribution in [0, 0.1) is 11.3 Å². The van der Waals surface area contributed by atoms with Gasteiger partial charge in [-0.1, -0.05) is 26.8 Å². The van der Waals surface area contributed by atoms with Crippen molar-refractivity contribution >= 4 is 29.4 Å². The molecule has 2 aliphatic carbocycles. The first kappa shape index (κ1) is 21.3. The SMILES string of the molecule is C[C@@H]1CC(C)(C)C[C@@]2(C1)NC(=O)N(CC(=O)Nc1cccc(C(=O)NC3CC3)c1)C2=O. The van der Waals surface area contributed by atoms with E-state index in [-0.39, 0.29) is 29.8 Å². The van der Waals surface area contributed by atoms with Gasteiger partial charge in [-0.25, -0.2) is 4.79 Å². The molecule has 31 heavy (non-hydrogen) atoms. The molecule has 2 atom stereocenters. The van der Waals surface area contributed by atoms with Crippen LogP contribution in [0.3, 0.4) is 0 Å². The summed E-state index contributed by atoms with van der Waals surface area (Å²) in [5, 5.41) is 8.48. The van der Waals surface area contributed by atoms with Crippen LogP contribution in [-0.4, -0.2) is 46.8 Å². The van der Waals surface area contributed by atoms with Crippen LogP contribution in [0.15, 0.2) is 24.3 Å². The second-order valence-corrected chi connectivity index (χ2v) is 10.1. The molecule has 3 aliphatic rings. The summed E-state index contributed by atoms with van der Waals surface area (Å²) in [6, 6.07) is 6.35. The molecule has 1 aromatic carbocycles. The van der Waals surface area contributed by atoms with Gasteiger partial charge in [0.25, 0.3) is 11.8 Å². The summed E-state index contributed by atoms with van der Waals surface area (Å²) >= 11 is 0. The van der Waals surface area contributed by atoms with E-state index >= 15 is 0 Å². The smallest absolute Gasteiger partial charge is 0.325 e. The van der Waals surface area contributed by atoms with Crippen molar-refractivity contribution in [3.8, 4) is 0 Å². The molecule has 1 spiro atoms. The topological polar surface area (TPSA) is 108 Å². The molecule has 1 aromatic rings. The first-order chi connectivity index (χ1) is 14.6. The molecular weight excluding hydrogens is 396 g/mol. The summed E-state index contributed by atoms with van der Waals surface area (Å²) in [5.41, 5.74) is -0.0978. The molecule has 4 rings (SSSR count). The van der Waals surface area contributed by atoms with Crippen LogP contribution in [0.5, 0.6) is 0 Å². The molecular formula is C23H30N4O4. The van der Waals surface area contributed by atoms with Gasteiger partial charge in [0.15, 0.2) is 0 Å². The molecule has 0 aromatic heterocycles. The Hall–Kier alpha value is -2.90. The number of carbonyl (C=O) groups is 4. The zero-order chi connectivity index (χ0) is 22.4. The van der Waals surface area contributed by atoms with Gasteiger partial charge in [-0.05, 0) is 61.6 Å². The Labute approximate surface area is 182 Å². The number of hydrogen-bond donors (Lipinski definition) is 3. The highest BCUT2D eigenvalue weighted by atomic mass is 16.2. The lowest BCUT2D eigenvalue weighted by Gasteiger charge is -2.43. The predicted molar refractivity (Wildman–Crippen MR) is 115 cm³/mol. The normalized spacial score (nSPS) is 27.2. The number of nitrogens with one attached hydrogen (secondary N) is 3. The molecule has 0 bridgehead atoms. The van der Waals surface area contributed by atoms with E-state index in [1.807, 2.05) is 0 Å². The maximum atomic E-state index is 13.2. The molecule has 5 amide bonds. The minimum atomic E-state index is -0.931. The van der Waals surface area contributed by atoms with Gasteiger partial charge in [0.2, 0.25) is 5.91 Å². The molecule has 1 saturated heterocycles. The molecule has 1 aliphatic heterocycles. The number of urea groups is 1. The Morgan fingerprint density at radius 3 is 2.61 bits per heavy atom. The summed E-state index contributed by atoms with van der Waals surface area (Å²) in [4.78, 5) is 51.6. The fourth-order valence-corrected chi connectivity index (χ4v) is 5.23. The summed E-state index contributed by atoms with van der Waals surface area (Å²) < 4.78 is 0. The number of carbonyl (C=O) groups excluding carboxylic acids is 4. The number of imide groups is 1. The second kappa shape index (κ2) is 7.66. The van der Waals surface area contributed by atoms with E-state index in [2.05, 4.69) is 36.7 Å². The largest absolute Gasteiger partial charge is 0.349 e. The van der Waals surface area contributed by atoms with Crippen LogP contribution in [-0.2, 0) is 9.59 Å². The Balaban J connectivity index is 1.41. The summed E-state index contributed by atoms with van der Waals surface area (Å²) in [5.74, 6) is -0.691. The molecule has 3 fully saturated rings. The Morgan fingerprint density at radius 2 is 1.94 bits per heavy atom. The lowest BCUT2D eigenvalue weighted by atomic mass is 9.64. The minimum Gasteiger partial charge on any atom is -0.349 e. The van der Waals surface area contributed by atoms with Crippen LogP contribution < -0.4 is 16.0 Å². The summed E-state index contributed by atoms with van der Waals surface area (Å²) in [6.07, 6.45) is 4.11. The van der Waals surface area contributed by atoms with Crippen LogP contribution >= 0.6 is 0 Å². The first-order valence-corrected chi connectivity index (χ1v) is 10.9. The van der Waals surface area contributed by atoms with Crippen molar-refractivity contribution in [1.82, 2.24) is 15.5 Å². The molecule has 1 heterocycles. The van der Waals surface area contributed by atoms with Crippen molar-refractivity contribution < 1.29 is 19.2 Å². The van der Waals surface area contributed by atoms with E-state index in [0.717, 1.165) is 24.2 Å². The summed E-state index contributed by atoms with van der Waals surface area (Å²) in [7, 11) is 0. The number of nitrogens with zero attached hydrogens (tertiary/aromatic N) is 1. The molecule has 0 unspecified atom stereocenters. The van der Waals surface area contributed by atoms with Gasteiger partial charge in [-0.2, -0.15) is 0 Å². The van der Waals surface area contributed by atoms with Gasteiger partial charge in [0, 0.05) is 17.3 Å². The molecule has 8 nitrogen and oxygen atoms in total. The minimum absolute atomic E-state index is 0.0691. The third-order valence-corrected chi connectivity index (χ3v) is 6.25. The highest BCUT2D eigenvalue weighted by Gasteiger charge is 2.56. The molecule has 2 saturated carbocycles. The highest BCUT2D eigenvalue weighted by molar-refractivity contribution is 6.10. The monoisotopic (exact) mass is 426 g/mol. The van der Waals surface area contributed by atoms with Crippen LogP contribution in [0.4, 0.5) is 10.5 Å². The van der Waals surface area contributed by atoms with Gasteiger partial charge in [-0.3, -0.25) is 19.3 Å². The Kier molecular flexibility index (Phi) is 5.27. The maximum Gasteiger partial charge on any atom is 0.325 e. The van der Waals surface area contributed by atoms with E-state index in [0.29, 0.717) is 30.0 Å². The maximum absolute atomic E-state index is 13.2. The fourth-order valence-electron chi connectivity index (χ4n) is 5.23. The molecule has 8 heteroatoms. The van der Waals surface area contributed by atoms with Crippen LogP contribution in [0.1, 0.15) is 63.2 Å². The van der Waals surface area contributed by atoms with Crippen molar-refractivity contribution in [2.24, 2.45) is 11.3 Å². The number of benzene rings is 1. The van der Waals surface area contributed by atoms with Gasteiger partial charge in [0.1, 0.15) is 12.1 Å². The second-order valence-electron chi connectivity index (χ2n) is 10.1. The van der Waals surface area contributed by atoms with Gasteiger partial charge in [-0.15, -0.1) is 0 Å². The van der Waals surface area contributed by atoms with Crippen molar-refractivity contribution in [3.05, 3.63) is 29.8 Å². The average molecular weight is 427 g/mol. The highest BCUT2D eigenvalue weighted by Crippen LogP contribution is 2.46. The van der Waals surface area contributed by atoms with Crippen molar-refractivity contribution in [2.45, 2.75) is 64.5 Å². The Bertz CT molecular complexity index is 939.